The maximum absolute atomic E-state index is 0. The van der Waals surface area contributed by atoms with Crippen molar-refractivity contribution in [1.82, 2.24) is 0 Å². The van der Waals surface area contributed by atoms with Crippen LogP contribution >= 0.6 is 0 Å². The van der Waals surface area contributed by atoms with Gasteiger partial charge in [0.05, 0.1) is 0 Å². The van der Waals surface area contributed by atoms with E-state index in [4.69, 9.17) is 0 Å². The molecule has 0 saturated heterocycles. The molecule has 2 nitrogen and oxygen atoms in total. The van der Waals surface area contributed by atoms with Crippen molar-refractivity contribution in [2.24, 2.45) is 0 Å². The molecule has 2 N–H and O–H groups in total. The van der Waals surface area contributed by atoms with Gasteiger partial charge in [-0.1, -0.05) is 0 Å². The van der Waals surface area contributed by atoms with Crippen LogP contribution < -0.4 is 0 Å². The summed E-state index contributed by atoms with van der Waals surface area (Å²) in [6, 6.07) is 0. The molecule has 0 heterocycles. The van der Waals surface area contributed by atoms with Crippen LogP contribution in [-0.2, 0) is 52.4 Å². The number of hydrogen-bond donors (Lipinski definition) is 0. The molecule has 0 atom stereocenters. The number of rotatable bonds is 0. The SMILES string of the molecule is [CaH+].[CaH+].[OH-].[OH-].[Zr].[Zr]. The third-order valence-corrected chi connectivity index (χ3v) is 0. The zero-order valence-electron chi connectivity index (χ0n) is 3.89. The summed E-state index contributed by atoms with van der Waals surface area (Å²) >= 11 is 0. The maximum atomic E-state index is 0. The zero-order chi connectivity index (χ0) is 0. The second kappa shape index (κ2) is 35.0. The van der Waals surface area contributed by atoms with Gasteiger partial charge in [-0.05, 0) is 0 Å². The quantitative estimate of drug-likeness (QED) is 0.503. The van der Waals surface area contributed by atoms with Crippen LogP contribution in [0.1, 0.15) is 0 Å². The Bertz CT molecular complexity index is 9.51. The molecule has 0 radical (unpaired) electrons. The van der Waals surface area contributed by atoms with Crippen LogP contribution in [0.25, 0.3) is 0 Å². The van der Waals surface area contributed by atoms with Crippen LogP contribution in [0.4, 0.5) is 0 Å². The van der Waals surface area contributed by atoms with Crippen molar-refractivity contribution in [3.63, 3.8) is 0 Å². The van der Waals surface area contributed by atoms with Crippen molar-refractivity contribution in [3.8, 4) is 0 Å². The van der Waals surface area contributed by atoms with Gasteiger partial charge in [-0.25, -0.2) is 0 Å². The van der Waals surface area contributed by atoms with Gasteiger partial charge in [-0.15, -0.1) is 0 Å². The van der Waals surface area contributed by atoms with Crippen LogP contribution in [0.2, 0.25) is 0 Å². The first-order valence-corrected chi connectivity index (χ1v) is 0. The molecular weight excluding hydrogens is 295 g/mol. The Balaban J connectivity index is 0. The minimum absolute atomic E-state index is 0. The van der Waals surface area contributed by atoms with Crippen LogP contribution in [-0.4, -0.2) is 86.4 Å². The molecular formula is H4Ca2O2Zr2. The molecule has 0 aromatic heterocycles. The van der Waals surface area contributed by atoms with E-state index in [1.807, 2.05) is 0 Å². The molecule has 0 amide bonds. The summed E-state index contributed by atoms with van der Waals surface area (Å²) in [6.45, 7) is 0. The molecule has 0 bridgehead atoms. The molecule has 28 valence electrons. The Morgan fingerprint density at radius 2 is 0.500 bits per heavy atom. The van der Waals surface area contributed by atoms with E-state index in [1.165, 1.54) is 0 Å². The normalized spacial score (nSPS) is 0. The van der Waals surface area contributed by atoms with Crippen molar-refractivity contribution in [2.75, 3.05) is 0 Å². The van der Waals surface area contributed by atoms with E-state index in [0.717, 1.165) is 0 Å². The van der Waals surface area contributed by atoms with Crippen molar-refractivity contribution in [1.29, 1.82) is 0 Å². The largest absolute Gasteiger partial charge is 0.870 e. The molecule has 6 heteroatoms. The summed E-state index contributed by atoms with van der Waals surface area (Å²) in [6.07, 6.45) is 0. The van der Waals surface area contributed by atoms with E-state index < -0.39 is 0 Å². The van der Waals surface area contributed by atoms with Gasteiger partial charge in [0, 0.05) is 52.4 Å². The van der Waals surface area contributed by atoms with Gasteiger partial charge in [-0.3, -0.25) is 0 Å². The van der Waals surface area contributed by atoms with Gasteiger partial charge in [0.1, 0.15) is 0 Å². The predicted molar refractivity (Wildman–Crippen MR) is 18.2 cm³/mol. The van der Waals surface area contributed by atoms with E-state index in [-0.39, 0.29) is 139 Å². The minimum Gasteiger partial charge on any atom is -0.870 e. The average molecular weight is 299 g/mol. The summed E-state index contributed by atoms with van der Waals surface area (Å²) < 4.78 is 0. The standard InChI is InChI=1S/2Ca.2H2O.2Zr.2H/h;;2*1H2;;;;/q2*+1;;;;;;/p-2. The molecule has 0 aliphatic rings. The molecule has 6 heavy (non-hydrogen) atoms. The summed E-state index contributed by atoms with van der Waals surface area (Å²) in [7, 11) is 0. The first kappa shape index (κ1) is 48.9. The summed E-state index contributed by atoms with van der Waals surface area (Å²) in [5.41, 5.74) is 0. The monoisotopic (exact) mass is 296 g/mol. The van der Waals surface area contributed by atoms with Crippen LogP contribution in [0.5, 0.6) is 0 Å². The molecule has 0 aromatic rings. The van der Waals surface area contributed by atoms with Gasteiger partial charge in [0.15, 0.2) is 0 Å². The Kier molecular flexibility index (Phi) is 286. The second-order valence-corrected chi connectivity index (χ2v) is 0. The second-order valence-electron chi connectivity index (χ2n) is 0. The molecule has 0 aliphatic heterocycles. The van der Waals surface area contributed by atoms with Crippen molar-refractivity contribution in [2.45, 2.75) is 0 Å². The Morgan fingerprint density at radius 3 is 0.500 bits per heavy atom. The van der Waals surface area contributed by atoms with Crippen molar-refractivity contribution in [3.05, 3.63) is 0 Å². The molecule has 0 aromatic carbocycles. The third-order valence-electron chi connectivity index (χ3n) is 0. The maximum Gasteiger partial charge on any atom is 0 e. The zero-order valence-corrected chi connectivity index (χ0v) is 15.1. The van der Waals surface area contributed by atoms with E-state index in [0.29, 0.717) is 0 Å². The molecule has 0 rings (SSSR count). The Labute approximate surface area is 135 Å². The minimum atomic E-state index is 0. The van der Waals surface area contributed by atoms with Gasteiger partial charge in [0.25, 0.3) is 0 Å². The molecule has 0 saturated carbocycles. The van der Waals surface area contributed by atoms with Crippen molar-refractivity contribution >= 4 is 75.5 Å². The molecule has 0 spiro atoms. The molecule has 0 fully saturated rings. The summed E-state index contributed by atoms with van der Waals surface area (Å²) in [4.78, 5) is 0. The summed E-state index contributed by atoms with van der Waals surface area (Å²) in [5.74, 6) is 0. The predicted octanol–water partition coefficient (Wildman–Crippen LogP) is -1.66. The van der Waals surface area contributed by atoms with Gasteiger partial charge in [-0.2, -0.15) is 0 Å². The fourth-order valence-corrected chi connectivity index (χ4v) is 0. The summed E-state index contributed by atoms with van der Waals surface area (Å²) in [5, 5.41) is 0. The fraction of sp³-hybridized carbons (Fsp3) is 0. The van der Waals surface area contributed by atoms with Gasteiger partial charge < -0.3 is 11.0 Å². The first-order chi connectivity index (χ1) is 0. The fourth-order valence-electron chi connectivity index (χ4n) is 0. The van der Waals surface area contributed by atoms with E-state index in [9.17, 15) is 0 Å². The number of hydrogen-bond acceptors (Lipinski definition) is 2. The molecule has 0 aliphatic carbocycles. The van der Waals surface area contributed by atoms with Gasteiger partial charge in [0.2, 0.25) is 0 Å². The average Bonchev–Trinajstić information content (AvgIpc) is 0. The Morgan fingerprint density at radius 1 is 0.500 bits per heavy atom. The topological polar surface area (TPSA) is 60.0 Å². The first-order valence-electron chi connectivity index (χ1n) is 0. The van der Waals surface area contributed by atoms with E-state index in [2.05, 4.69) is 0 Å². The smallest absolute Gasteiger partial charge is 0 e. The van der Waals surface area contributed by atoms with Crippen molar-refractivity contribution < 1.29 is 63.4 Å². The Hall–Kier alpha value is 4.21. The van der Waals surface area contributed by atoms with Crippen LogP contribution in [0.15, 0.2) is 0 Å². The van der Waals surface area contributed by atoms with Crippen LogP contribution in [0.3, 0.4) is 0 Å². The van der Waals surface area contributed by atoms with Crippen LogP contribution in [0, 0.1) is 0 Å². The van der Waals surface area contributed by atoms with E-state index >= 15 is 0 Å². The third kappa shape index (κ3) is 24.1. The molecule has 0 unspecified atom stereocenters. The van der Waals surface area contributed by atoms with Gasteiger partial charge >= 0.3 is 75.5 Å². The van der Waals surface area contributed by atoms with E-state index in [1.54, 1.807) is 0 Å².